The molecule has 1 atom stereocenters. The van der Waals surface area contributed by atoms with Crippen LogP contribution < -0.4 is 9.46 Å². The Balaban J connectivity index is 1.72. The largest absolute Gasteiger partial charge is 0.491 e. The lowest BCUT2D eigenvalue weighted by atomic mass is 10.1. The quantitative estimate of drug-likeness (QED) is 0.764. The summed E-state index contributed by atoms with van der Waals surface area (Å²) < 4.78 is 30.8. The van der Waals surface area contributed by atoms with Crippen molar-refractivity contribution in [2.75, 3.05) is 32.5 Å². The van der Waals surface area contributed by atoms with Gasteiger partial charge in [0.1, 0.15) is 18.5 Å². The van der Waals surface area contributed by atoms with E-state index < -0.39 is 16.1 Å². The van der Waals surface area contributed by atoms with Crippen molar-refractivity contribution < 1.29 is 18.3 Å². The molecule has 1 heterocycles. The van der Waals surface area contributed by atoms with Gasteiger partial charge in [0.15, 0.2) is 0 Å². The number of benzene rings is 1. The minimum absolute atomic E-state index is 0.0000815. The molecule has 0 spiro atoms. The Kier molecular flexibility index (Phi) is 6.62. The Labute approximate surface area is 144 Å². The molecule has 2 N–H and O–H groups in total. The fraction of sp³-hybridized carbons (Fsp3) is 0.647. The number of ether oxygens (including phenoxy) is 1. The number of sulfonamides is 1. The number of nitrogens with zero attached hydrogens (tertiary/aromatic N) is 1. The van der Waals surface area contributed by atoms with E-state index in [0.29, 0.717) is 6.54 Å². The number of nitrogens with one attached hydrogen (secondary N) is 1. The molecule has 24 heavy (non-hydrogen) atoms. The van der Waals surface area contributed by atoms with Crippen molar-refractivity contribution >= 4 is 10.0 Å². The molecule has 1 aliphatic rings. The summed E-state index contributed by atoms with van der Waals surface area (Å²) in [5.41, 5.74) is 2.28. The standard InChI is InChI=1S/C17H28N2O4S/c1-13-8-14(2)10-17(9-13)23-12-16(20)11-19-6-4-15(5-7-19)18-24(3,21)22/h8-10,15-16,18,20H,4-7,11-12H2,1-3H3. The molecular formula is C17H28N2O4S. The number of aliphatic hydroxyl groups is 1. The highest BCUT2D eigenvalue weighted by Crippen LogP contribution is 2.17. The monoisotopic (exact) mass is 356 g/mol. The van der Waals surface area contributed by atoms with E-state index in [1.807, 2.05) is 26.0 Å². The first kappa shape index (κ1) is 19.2. The maximum absolute atomic E-state index is 11.2. The van der Waals surface area contributed by atoms with Gasteiger partial charge in [-0.2, -0.15) is 0 Å². The van der Waals surface area contributed by atoms with Crippen LogP contribution in [0.2, 0.25) is 0 Å². The van der Waals surface area contributed by atoms with Gasteiger partial charge < -0.3 is 14.7 Å². The molecule has 6 nitrogen and oxygen atoms in total. The smallest absolute Gasteiger partial charge is 0.208 e. The minimum Gasteiger partial charge on any atom is -0.491 e. The van der Waals surface area contributed by atoms with Crippen LogP contribution in [0.4, 0.5) is 0 Å². The predicted octanol–water partition coefficient (Wildman–Crippen LogP) is 1.06. The van der Waals surface area contributed by atoms with Gasteiger partial charge in [-0.15, -0.1) is 0 Å². The van der Waals surface area contributed by atoms with Gasteiger partial charge in [-0.1, -0.05) is 6.07 Å². The number of β-amino-alcohol motifs (C(OH)–C–C–N with tert-alkyl or cyclic N) is 1. The van der Waals surface area contributed by atoms with Gasteiger partial charge in [-0.3, -0.25) is 0 Å². The summed E-state index contributed by atoms with van der Waals surface area (Å²) in [6.07, 6.45) is 2.15. The molecule has 0 saturated carbocycles. The summed E-state index contributed by atoms with van der Waals surface area (Å²) in [5.74, 6) is 0.780. The van der Waals surface area contributed by atoms with Gasteiger partial charge in [0, 0.05) is 12.6 Å². The zero-order valence-corrected chi connectivity index (χ0v) is 15.5. The van der Waals surface area contributed by atoms with Crippen LogP contribution >= 0.6 is 0 Å². The highest BCUT2D eigenvalue weighted by Gasteiger charge is 2.23. The molecule has 0 amide bonds. The zero-order chi connectivity index (χ0) is 17.7. The van der Waals surface area contributed by atoms with E-state index in [2.05, 4.69) is 15.7 Å². The fourth-order valence-corrected chi connectivity index (χ4v) is 3.94. The first-order chi connectivity index (χ1) is 11.2. The molecule has 1 unspecified atom stereocenters. The highest BCUT2D eigenvalue weighted by atomic mass is 32.2. The molecule has 136 valence electrons. The zero-order valence-electron chi connectivity index (χ0n) is 14.7. The van der Waals surface area contributed by atoms with E-state index in [9.17, 15) is 13.5 Å². The Morgan fingerprint density at radius 1 is 1.25 bits per heavy atom. The fourth-order valence-electron chi connectivity index (χ4n) is 3.10. The maximum atomic E-state index is 11.2. The average Bonchev–Trinajstić information content (AvgIpc) is 2.45. The second kappa shape index (κ2) is 8.29. The van der Waals surface area contributed by atoms with Crippen molar-refractivity contribution in [2.45, 2.75) is 38.8 Å². The highest BCUT2D eigenvalue weighted by molar-refractivity contribution is 7.88. The molecule has 0 aliphatic carbocycles. The normalized spacial score (nSPS) is 18.5. The predicted molar refractivity (Wildman–Crippen MR) is 94.9 cm³/mol. The van der Waals surface area contributed by atoms with Gasteiger partial charge in [0.2, 0.25) is 10.0 Å². The molecule has 7 heteroatoms. The molecule has 1 aromatic rings. The second-order valence-corrected chi connectivity index (χ2v) is 8.53. The molecule has 1 aromatic carbocycles. The summed E-state index contributed by atoms with van der Waals surface area (Å²) in [4.78, 5) is 2.15. The first-order valence-corrected chi connectivity index (χ1v) is 10.2. The van der Waals surface area contributed by atoms with Crippen LogP contribution in [-0.2, 0) is 10.0 Å². The van der Waals surface area contributed by atoms with E-state index in [-0.39, 0.29) is 12.6 Å². The Bertz CT molecular complexity index is 620. The number of hydrogen-bond acceptors (Lipinski definition) is 5. The molecular weight excluding hydrogens is 328 g/mol. The number of likely N-dealkylation sites (tertiary alicyclic amines) is 1. The third-order valence-electron chi connectivity index (χ3n) is 4.07. The van der Waals surface area contributed by atoms with Gasteiger partial charge in [0.25, 0.3) is 0 Å². The van der Waals surface area contributed by atoms with E-state index in [4.69, 9.17) is 4.74 Å². The van der Waals surface area contributed by atoms with Crippen LogP contribution in [0.1, 0.15) is 24.0 Å². The summed E-state index contributed by atoms with van der Waals surface area (Å²) in [7, 11) is -3.15. The lowest BCUT2D eigenvalue weighted by molar-refractivity contribution is 0.0589. The van der Waals surface area contributed by atoms with Gasteiger partial charge in [-0.05, 0) is 63.0 Å². The van der Waals surface area contributed by atoms with Crippen LogP contribution in [0.3, 0.4) is 0 Å². The Hall–Kier alpha value is -1.15. The average molecular weight is 356 g/mol. The SMILES string of the molecule is Cc1cc(C)cc(OCC(O)CN2CCC(NS(C)(=O)=O)CC2)c1. The van der Waals surface area contributed by atoms with Gasteiger partial charge in [0.05, 0.1) is 6.26 Å². The number of rotatable bonds is 7. The minimum atomic E-state index is -3.15. The molecule has 2 rings (SSSR count). The third-order valence-corrected chi connectivity index (χ3v) is 4.84. The number of aliphatic hydroxyl groups excluding tert-OH is 1. The molecule has 0 radical (unpaired) electrons. The summed E-state index contributed by atoms with van der Waals surface area (Å²) in [5, 5.41) is 10.2. The lowest BCUT2D eigenvalue weighted by Gasteiger charge is -2.33. The van der Waals surface area contributed by atoms with Gasteiger partial charge in [-0.25, -0.2) is 13.1 Å². The van der Waals surface area contributed by atoms with Crippen LogP contribution in [-0.4, -0.2) is 63.1 Å². The van der Waals surface area contributed by atoms with E-state index in [1.54, 1.807) is 0 Å². The number of aryl methyl sites for hydroxylation is 2. The summed E-state index contributed by atoms with van der Waals surface area (Å²) >= 11 is 0. The molecule has 1 saturated heterocycles. The van der Waals surface area contributed by atoms with Crippen LogP contribution in [0, 0.1) is 13.8 Å². The molecule has 0 aromatic heterocycles. The van der Waals surface area contributed by atoms with Crippen molar-refractivity contribution in [1.82, 2.24) is 9.62 Å². The second-order valence-electron chi connectivity index (χ2n) is 6.75. The molecule has 1 fully saturated rings. The van der Waals surface area contributed by atoms with Crippen LogP contribution in [0.15, 0.2) is 18.2 Å². The van der Waals surface area contributed by atoms with Crippen molar-refractivity contribution in [2.24, 2.45) is 0 Å². The maximum Gasteiger partial charge on any atom is 0.208 e. The van der Waals surface area contributed by atoms with Crippen LogP contribution in [0.5, 0.6) is 5.75 Å². The number of hydrogen-bond donors (Lipinski definition) is 2. The number of piperidine rings is 1. The van der Waals surface area contributed by atoms with E-state index >= 15 is 0 Å². The topological polar surface area (TPSA) is 78.9 Å². The van der Waals surface area contributed by atoms with Crippen molar-refractivity contribution in [3.63, 3.8) is 0 Å². The lowest BCUT2D eigenvalue weighted by Crippen LogP contribution is -2.46. The van der Waals surface area contributed by atoms with Gasteiger partial charge >= 0.3 is 0 Å². The summed E-state index contributed by atoms with van der Waals surface area (Å²) in [6.45, 7) is 6.37. The Morgan fingerprint density at radius 2 is 1.83 bits per heavy atom. The van der Waals surface area contributed by atoms with Crippen molar-refractivity contribution in [3.8, 4) is 5.75 Å². The molecule has 0 bridgehead atoms. The summed E-state index contributed by atoms with van der Waals surface area (Å²) in [6, 6.07) is 6.00. The van der Waals surface area contributed by atoms with Crippen LogP contribution in [0.25, 0.3) is 0 Å². The molecule has 1 aliphatic heterocycles. The third kappa shape index (κ3) is 6.76. The van der Waals surface area contributed by atoms with Crippen molar-refractivity contribution in [1.29, 1.82) is 0 Å². The van der Waals surface area contributed by atoms with E-state index in [1.165, 1.54) is 6.26 Å². The Morgan fingerprint density at radius 3 is 2.38 bits per heavy atom. The van der Waals surface area contributed by atoms with E-state index in [0.717, 1.165) is 42.8 Å². The first-order valence-electron chi connectivity index (χ1n) is 8.30. The van der Waals surface area contributed by atoms with Crippen molar-refractivity contribution in [3.05, 3.63) is 29.3 Å².